The van der Waals surface area contributed by atoms with Crippen LogP contribution in [0.25, 0.3) is 0 Å². The number of nitrogens with zero attached hydrogens (tertiary/aromatic N) is 2. The Hall–Kier alpha value is 0.01000. The fraction of sp³-hybridized carbons (Fsp3) is 0.333. The summed E-state index contributed by atoms with van der Waals surface area (Å²) in [4.78, 5) is 7.22. The van der Waals surface area contributed by atoms with Crippen LogP contribution in [-0.2, 0) is 0 Å². The first-order chi connectivity index (χ1) is 5.20. The molecule has 0 saturated carbocycles. The molecule has 0 atom stereocenters. The molecule has 0 fully saturated rings. The fourth-order valence-electron chi connectivity index (χ4n) is 0.312. The maximum atomic E-state index is 5.41. The van der Waals surface area contributed by atoms with Crippen molar-refractivity contribution in [2.45, 2.75) is 0 Å². The zero-order valence-corrected chi connectivity index (χ0v) is 8.54. The molecule has 5 heteroatoms. The Labute approximate surface area is 80.3 Å². The maximum Gasteiger partial charge on any atom is 0.133 e. The SMILES string of the molecule is CSC.Clc1cc(Cl)ncn1. The van der Waals surface area contributed by atoms with Crippen molar-refractivity contribution in [3.05, 3.63) is 22.7 Å². The summed E-state index contributed by atoms with van der Waals surface area (Å²) < 4.78 is 0. The highest BCUT2D eigenvalue weighted by Gasteiger charge is 1.87. The highest BCUT2D eigenvalue weighted by atomic mass is 35.5. The van der Waals surface area contributed by atoms with Crippen LogP contribution in [-0.4, -0.2) is 22.5 Å². The van der Waals surface area contributed by atoms with Crippen molar-refractivity contribution >= 4 is 35.0 Å². The lowest BCUT2D eigenvalue weighted by molar-refractivity contribution is 1.17. The van der Waals surface area contributed by atoms with Crippen LogP contribution < -0.4 is 0 Å². The van der Waals surface area contributed by atoms with E-state index < -0.39 is 0 Å². The van der Waals surface area contributed by atoms with Gasteiger partial charge < -0.3 is 0 Å². The highest BCUT2D eigenvalue weighted by molar-refractivity contribution is 7.97. The highest BCUT2D eigenvalue weighted by Crippen LogP contribution is 2.07. The number of thioether (sulfide) groups is 1. The molecule has 0 aliphatic rings. The molecule has 0 aliphatic carbocycles. The predicted octanol–water partition coefficient (Wildman–Crippen LogP) is 2.76. The van der Waals surface area contributed by atoms with Crippen molar-refractivity contribution < 1.29 is 0 Å². The van der Waals surface area contributed by atoms with Gasteiger partial charge in [-0.1, -0.05) is 23.2 Å². The second kappa shape index (κ2) is 6.70. The summed E-state index contributed by atoms with van der Waals surface area (Å²) in [5.41, 5.74) is 0. The van der Waals surface area contributed by atoms with Crippen LogP contribution in [0.2, 0.25) is 10.3 Å². The Morgan fingerprint density at radius 2 is 1.55 bits per heavy atom. The summed E-state index contributed by atoms with van der Waals surface area (Å²) in [6.45, 7) is 0. The van der Waals surface area contributed by atoms with Gasteiger partial charge in [-0.05, 0) is 12.5 Å². The smallest absolute Gasteiger partial charge is 0.133 e. The van der Waals surface area contributed by atoms with Gasteiger partial charge >= 0.3 is 0 Å². The van der Waals surface area contributed by atoms with E-state index in [4.69, 9.17) is 23.2 Å². The van der Waals surface area contributed by atoms with E-state index in [2.05, 4.69) is 9.97 Å². The Morgan fingerprint density at radius 3 is 1.73 bits per heavy atom. The van der Waals surface area contributed by atoms with Crippen molar-refractivity contribution in [2.75, 3.05) is 12.5 Å². The number of aromatic nitrogens is 2. The lowest BCUT2D eigenvalue weighted by Gasteiger charge is -1.85. The van der Waals surface area contributed by atoms with Crippen LogP contribution in [0.3, 0.4) is 0 Å². The standard InChI is InChI=1S/C4H2Cl2N2.C2H6S/c5-3-1-4(6)8-2-7-3;1-3-2/h1-2H;1-2H3. The molecule has 0 aliphatic heterocycles. The van der Waals surface area contributed by atoms with Gasteiger partial charge in [0.25, 0.3) is 0 Å². The van der Waals surface area contributed by atoms with E-state index in [9.17, 15) is 0 Å². The van der Waals surface area contributed by atoms with E-state index >= 15 is 0 Å². The maximum absolute atomic E-state index is 5.41. The first kappa shape index (κ1) is 11.0. The summed E-state index contributed by atoms with van der Waals surface area (Å²) >= 11 is 12.6. The Bertz CT molecular complexity index is 190. The minimum Gasteiger partial charge on any atom is -0.225 e. The van der Waals surface area contributed by atoms with Gasteiger partial charge in [-0.3, -0.25) is 0 Å². The Morgan fingerprint density at radius 1 is 1.18 bits per heavy atom. The topological polar surface area (TPSA) is 25.8 Å². The zero-order chi connectivity index (χ0) is 8.69. The van der Waals surface area contributed by atoms with Crippen molar-refractivity contribution in [2.24, 2.45) is 0 Å². The van der Waals surface area contributed by atoms with Crippen molar-refractivity contribution in [3.8, 4) is 0 Å². The molecule has 0 N–H and O–H groups in total. The molecule has 1 aromatic rings. The van der Waals surface area contributed by atoms with Crippen LogP contribution in [0.15, 0.2) is 12.4 Å². The number of rotatable bonds is 0. The Balaban J connectivity index is 0.000000292. The quantitative estimate of drug-likeness (QED) is 0.617. The van der Waals surface area contributed by atoms with Gasteiger partial charge in [-0.2, -0.15) is 11.8 Å². The third-order valence-electron chi connectivity index (χ3n) is 0.600. The molecule has 11 heavy (non-hydrogen) atoms. The van der Waals surface area contributed by atoms with Crippen LogP contribution in [0.4, 0.5) is 0 Å². The molecule has 0 spiro atoms. The average Bonchev–Trinajstić information content (AvgIpc) is 1.88. The molecule has 2 nitrogen and oxygen atoms in total. The first-order valence-electron chi connectivity index (χ1n) is 2.74. The van der Waals surface area contributed by atoms with E-state index in [-0.39, 0.29) is 0 Å². The molecular weight excluding hydrogens is 203 g/mol. The summed E-state index contributed by atoms with van der Waals surface area (Å²) in [5.74, 6) is 0. The molecule has 0 unspecified atom stereocenters. The second-order valence-electron chi connectivity index (χ2n) is 1.57. The third kappa shape index (κ3) is 6.41. The number of hydrogen-bond acceptors (Lipinski definition) is 3. The fourth-order valence-corrected chi connectivity index (χ4v) is 0.662. The van der Waals surface area contributed by atoms with Gasteiger partial charge in [-0.15, -0.1) is 0 Å². The van der Waals surface area contributed by atoms with E-state index in [1.54, 1.807) is 11.8 Å². The lowest BCUT2D eigenvalue weighted by atomic mass is 10.7. The molecule has 1 heterocycles. The van der Waals surface area contributed by atoms with Gasteiger partial charge in [0, 0.05) is 6.07 Å². The molecular formula is C6H8Cl2N2S. The van der Waals surface area contributed by atoms with E-state index in [0.29, 0.717) is 10.3 Å². The molecule has 0 radical (unpaired) electrons. The molecule has 1 aromatic heterocycles. The molecule has 0 bridgehead atoms. The van der Waals surface area contributed by atoms with Gasteiger partial charge in [0.1, 0.15) is 16.6 Å². The second-order valence-corrected chi connectivity index (χ2v) is 3.16. The van der Waals surface area contributed by atoms with Crippen molar-refractivity contribution in [1.82, 2.24) is 9.97 Å². The summed E-state index contributed by atoms with van der Waals surface area (Å²) in [7, 11) is 0. The Kier molecular flexibility index (Phi) is 6.71. The average molecular weight is 211 g/mol. The summed E-state index contributed by atoms with van der Waals surface area (Å²) in [5, 5.41) is 0.731. The van der Waals surface area contributed by atoms with E-state index in [1.807, 2.05) is 12.5 Å². The predicted molar refractivity (Wildman–Crippen MR) is 51.5 cm³/mol. The minimum absolute atomic E-state index is 0.366. The van der Waals surface area contributed by atoms with Gasteiger partial charge in [0.2, 0.25) is 0 Å². The monoisotopic (exact) mass is 210 g/mol. The van der Waals surface area contributed by atoms with Crippen LogP contribution in [0, 0.1) is 0 Å². The number of hydrogen-bond donors (Lipinski definition) is 0. The van der Waals surface area contributed by atoms with E-state index in [1.165, 1.54) is 12.4 Å². The molecule has 1 rings (SSSR count). The van der Waals surface area contributed by atoms with Crippen molar-refractivity contribution in [1.29, 1.82) is 0 Å². The minimum atomic E-state index is 0.366. The molecule has 62 valence electrons. The largest absolute Gasteiger partial charge is 0.225 e. The van der Waals surface area contributed by atoms with Gasteiger partial charge in [0.05, 0.1) is 0 Å². The summed E-state index contributed by atoms with van der Waals surface area (Å²) in [6, 6.07) is 1.48. The number of halogens is 2. The van der Waals surface area contributed by atoms with Crippen LogP contribution in [0.5, 0.6) is 0 Å². The first-order valence-corrected chi connectivity index (χ1v) is 5.12. The molecule has 0 amide bonds. The lowest BCUT2D eigenvalue weighted by Crippen LogP contribution is -1.76. The van der Waals surface area contributed by atoms with Gasteiger partial charge in [-0.25, -0.2) is 9.97 Å². The van der Waals surface area contributed by atoms with E-state index in [0.717, 1.165) is 0 Å². The molecule has 0 aromatic carbocycles. The van der Waals surface area contributed by atoms with Crippen LogP contribution >= 0.6 is 35.0 Å². The summed E-state index contributed by atoms with van der Waals surface area (Å²) in [6.07, 6.45) is 5.39. The third-order valence-corrected chi connectivity index (χ3v) is 1.01. The molecule has 0 saturated heterocycles. The van der Waals surface area contributed by atoms with Crippen molar-refractivity contribution in [3.63, 3.8) is 0 Å². The van der Waals surface area contributed by atoms with Gasteiger partial charge in [0.15, 0.2) is 0 Å². The zero-order valence-electron chi connectivity index (χ0n) is 6.21. The van der Waals surface area contributed by atoms with Crippen LogP contribution in [0.1, 0.15) is 0 Å². The normalized spacial score (nSPS) is 8.36.